The molecule has 1 aromatic rings. The monoisotopic (exact) mass is 333 g/mol. The van der Waals surface area contributed by atoms with Crippen molar-refractivity contribution in [3.8, 4) is 0 Å². The number of carbonyl (C=O) groups is 2. The summed E-state index contributed by atoms with van der Waals surface area (Å²) >= 11 is 5.01. The molecular formula is C12H16BrNO3S. The number of carboxylic acid groups (broad SMARTS) is 1. The molecule has 4 nitrogen and oxygen atoms in total. The second kappa shape index (κ2) is 6.89. The quantitative estimate of drug-likeness (QED) is 0.840. The van der Waals surface area contributed by atoms with E-state index in [1.807, 2.05) is 12.1 Å². The van der Waals surface area contributed by atoms with Crippen molar-refractivity contribution in [2.45, 2.75) is 20.3 Å². The van der Waals surface area contributed by atoms with E-state index in [9.17, 15) is 9.59 Å². The highest BCUT2D eigenvalue weighted by Gasteiger charge is 2.25. The Balaban J connectivity index is 2.35. The van der Waals surface area contributed by atoms with Crippen LogP contribution in [0.1, 0.15) is 18.7 Å². The van der Waals surface area contributed by atoms with Gasteiger partial charge in [0.25, 0.3) is 0 Å². The third-order valence-corrected chi connectivity index (χ3v) is 4.54. The number of halogens is 1. The maximum Gasteiger partial charge on any atom is 0.307 e. The van der Waals surface area contributed by atoms with Crippen LogP contribution in [-0.4, -0.2) is 23.5 Å². The van der Waals surface area contributed by atoms with Crippen LogP contribution in [0.25, 0.3) is 0 Å². The molecule has 18 heavy (non-hydrogen) atoms. The summed E-state index contributed by atoms with van der Waals surface area (Å²) in [6.45, 7) is 3.71. The van der Waals surface area contributed by atoms with Crippen molar-refractivity contribution >= 4 is 39.1 Å². The summed E-state index contributed by atoms with van der Waals surface area (Å²) in [5.74, 6) is -2.33. The maximum atomic E-state index is 11.7. The number of thiophene rings is 1. The summed E-state index contributed by atoms with van der Waals surface area (Å²) in [5, 5.41) is 11.6. The zero-order valence-corrected chi connectivity index (χ0v) is 12.7. The summed E-state index contributed by atoms with van der Waals surface area (Å²) < 4.78 is 1.07. The Morgan fingerprint density at radius 3 is 2.56 bits per heavy atom. The third-order valence-electron chi connectivity index (χ3n) is 2.85. The van der Waals surface area contributed by atoms with Gasteiger partial charge in [-0.25, -0.2) is 0 Å². The zero-order valence-electron chi connectivity index (χ0n) is 10.3. The van der Waals surface area contributed by atoms with Gasteiger partial charge >= 0.3 is 5.97 Å². The fourth-order valence-electron chi connectivity index (χ4n) is 1.40. The van der Waals surface area contributed by atoms with E-state index in [2.05, 4.69) is 21.2 Å². The minimum atomic E-state index is -0.945. The Morgan fingerprint density at radius 2 is 2.06 bits per heavy atom. The van der Waals surface area contributed by atoms with Gasteiger partial charge in [-0.2, -0.15) is 0 Å². The number of rotatable bonds is 6. The second-order valence-electron chi connectivity index (χ2n) is 4.16. The molecule has 1 aromatic heterocycles. The highest BCUT2D eigenvalue weighted by Crippen LogP contribution is 2.22. The molecule has 2 unspecified atom stereocenters. The van der Waals surface area contributed by atoms with Crippen LogP contribution in [0.5, 0.6) is 0 Å². The molecule has 0 aliphatic rings. The van der Waals surface area contributed by atoms with Crippen molar-refractivity contribution in [1.29, 1.82) is 0 Å². The van der Waals surface area contributed by atoms with E-state index in [1.54, 1.807) is 25.2 Å². The lowest BCUT2D eigenvalue weighted by atomic mass is 9.95. The first-order valence-corrected chi connectivity index (χ1v) is 7.27. The molecule has 0 saturated carbocycles. The van der Waals surface area contributed by atoms with E-state index >= 15 is 0 Å². The Morgan fingerprint density at radius 1 is 1.39 bits per heavy atom. The lowest BCUT2D eigenvalue weighted by molar-refractivity contribution is -0.146. The third kappa shape index (κ3) is 4.42. The van der Waals surface area contributed by atoms with Crippen LogP contribution < -0.4 is 5.32 Å². The van der Waals surface area contributed by atoms with Crippen LogP contribution in [0.4, 0.5) is 0 Å². The first-order valence-electron chi connectivity index (χ1n) is 5.66. The summed E-state index contributed by atoms with van der Waals surface area (Å²) in [6, 6.07) is 3.97. The van der Waals surface area contributed by atoms with Crippen LogP contribution in [0.15, 0.2) is 15.9 Å². The summed E-state index contributed by atoms with van der Waals surface area (Å²) in [5.41, 5.74) is 0. The highest BCUT2D eigenvalue weighted by molar-refractivity contribution is 9.11. The van der Waals surface area contributed by atoms with Crippen LogP contribution in [0.2, 0.25) is 0 Å². The molecule has 0 aliphatic carbocycles. The number of hydrogen-bond donors (Lipinski definition) is 2. The Kier molecular flexibility index (Phi) is 5.81. The fraction of sp³-hybridized carbons (Fsp3) is 0.500. The van der Waals surface area contributed by atoms with Gasteiger partial charge in [-0.15, -0.1) is 11.3 Å². The van der Waals surface area contributed by atoms with Gasteiger partial charge < -0.3 is 10.4 Å². The predicted molar refractivity (Wildman–Crippen MR) is 74.7 cm³/mol. The largest absolute Gasteiger partial charge is 0.481 e. The van der Waals surface area contributed by atoms with Crippen LogP contribution in [0, 0.1) is 11.8 Å². The van der Waals surface area contributed by atoms with Gasteiger partial charge in [-0.1, -0.05) is 13.8 Å². The fourth-order valence-corrected chi connectivity index (χ4v) is 2.88. The smallest absolute Gasteiger partial charge is 0.307 e. The van der Waals surface area contributed by atoms with Crippen LogP contribution in [-0.2, 0) is 16.0 Å². The van der Waals surface area contributed by atoms with E-state index in [4.69, 9.17) is 5.11 Å². The SMILES string of the molecule is CC(C(=O)O)C(C)C(=O)NCCc1ccc(Br)s1. The Bertz CT molecular complexity index is 433. The number of carboxylic acids is 1. The molecule has 6 heteroatoms. The predicted octanol–water partition coefficient (Wildman–Crippen LogP) is 2.53. The number of aliphatic carboxylic acids is 1. The summed E-state index contributed by atoms with van der Waals surface area (Å²) in [7, 11) is 0. The Hall–Kier alpha value is -0.880. The molecule has 0 aromatic carbocycles. The van der Waals surface area contributed by atoms with Gasteiger partial charge in [0.15, 0.2) is 0 Å². The topological polar surface area (TPSA) is 66.4 Å². The van der Waals surface area contributed by atoms with E-state index in [0.29, 0.717) is 6.54 Å². The summed E-state index contributed by atoms with van der Waals surface area (Å²) in [6.07, 6.45) is 0.760. The van der Waals surface area contributed by atoms with E-state index < -0.39 is 17.8 Å². The summed E-state index contributed by atoms with van der Waals surface area (Å²) in [4.78, 5) is 23.6. The first-order chi connectivity index (χ1) is 8.41. The normalized spacial score (nSPS) is 13.9. The number of hydrogen-bond acceptors (Lipinski definition) is 3. The lowest BCUT2D eigenvalue weighted by Gasteiger charge is -2.15. The van der Waals surface area contributed by atoms with Crippen molar-refractivity contribution < 1.29 is 14.7 Å². The zero-order chi connectivity index (χ0) is 13.7. The maximum absolute atomic E-state index is 11.7. The molecule has 0 saturated heterocycles. The molecule has 0 aliphatic heterocycles. The molecule has 0 spiro atoms. The van der Waals surface area contributed by atoms with E-state index in [1.165, 1.54) is 4.88 Å². The molecule has 0 bridgehead atoms. The molecule has 1 heterocycles. The first kappa shape index (κ1) is 15.2. The number of nitrogens with one attached hydrogen (secondary N) is 1. The molecule has 100 valence electrons. The molecule has 2 N–H and O–H groups in total. The van der Waals surface area contributed by atoms with Gasteiger partial charge in [-0.05, 0) is 34.5 Å². The average molecular weight is 334 g/mol. The molecule has 2 atom stereocenters. The van der Waals surface area contributed by atoms with Gasteiger partial charge in [0, 0.05) is 17.3 Å². The van der Waals surface area contributed by atoms with Gasteiger partial charge in [-0.3, -0.25) is 9.59 Å². The highest BCUT2D eigenvalue weighted by atomic mass is 79.9. The second-order valence-corrected chi connectivity index (χ2v) is 6.71. The molecule has 1 rings (SSSR count). The minimum absolute atomic E-state index is 0.208. The van der Waals surface area contributed by atoms with Crippen molar-refractivity contribution in [2.24, 2.45) is 11.8 Å². The molecule has 0 radical (unpaired) electrons. The van der Waals surface area contributed by atoms with E-state index in [-0.39, 0.29) is 5.91 Å². The van der Waals surface area contributed by atoms with Crippen molar-refractivity contribution in [1.82, 2.24) is 5.32 Å². The van der Waals surface area contributed by atoms with Gasteiger partial charge in [0.05, 0.1) is 9.70 Å². The average Bonchev–Trinajstić information content (AvgIpc) is 2.72. The van der Waals surface area contributed by atoms with E-state index in [0.717, 1.165) is 10.2 Å². The minimum Gasteiger partial charge on any atom is -0.481 e. The van der Waals surface area contributed by atoms with Gasteiger partial charge in [0.1, 0.15) is 0 Å². The van der Waals surface area contributed by atoms with Crippen molar-refractivity contribution in [3.05, 3.63) is 20.8 Å². The van der Waals surface area contributed by atoms with Crippen LogP contribution >= 0.6 is 27.3 Å². The molecule has 1 amide bonds. The van der Waals surface area contributed by atoms with Crippen molar-refractivity contribution in [3.63, 3.8) is 0 Å². The van der Waals surface area contributed by atoms with Crippen LogP contribution in [0.3, 0.4) is 0 Å². The van der Waals surface area contributed by atoms with Crippen molar-refractivity contribution in [2.75, 3.05) is 6.54 Å². The van der Waals surface area contributed by atoms with Gasteiger partial charge in [0.2, 0.25) is 5.91 Å². The molecule has 0 fully saturated rings. The number of amides is 1. The molecular weight excluding hydrogens is 318 g/mol. The Labute approximate surface area is 119 Å². The number of carbonyl (C=O) groups excluding carboxylic acids is 1. The standard InChI is InChI=1S/C12H16BrNO3S/c1-7(8(2)12(16)17)11(15)14-6-5-9-3-4-10(13)18-9/h3-4,7-8H,5-6H2,1-2H3,(H,14,15)(H,16,17). The lowest BCUT2D eigenvalue weighted by Crippen LogP contribution is -2.36.